The molecule has 0 saturated carbocycles. The van der Waals surface area contributed by atoms with Crippen molar-refractivity contribution in [3.8, 4) is 0 Å². The highest BCUT2D eigenvalue weighted by Gasteiger charge is 2.21. The van der Waals surface area contributed by atoms with Crippen LogP contribution in [0.3, 0.4) is 0 Å². The summed E-state index contributed by atoms with van der Waals surface area (Å²) in [5.74, 6) is 0.665. The predicted octanol–water partition coefficient (Wildman–Crippen LogP) is 3.40. The van der Waals surface area contributed by atoms with Gasteiger partial charge in [-0.2, -0.15) is 0 Å². The van der Waals surface area contributed by atoms with E-state index in [2.05, 4.69) is 15.0 Å². The molecule has 0 atom stereocenters. The minimum Gasteiger partial charge on any atom is -0.361 e. The van der Waals surface area contributed by atoms with Crippen LogP contribution < -0.4 is 0 Å². The smallest absolute Gasteiger partial charge is 0.138 e. The first-order valence-corrected chi connectivity index (χ1v) is 8.21. The van der Waals surface area contributed by atoms with E-state index in [4.69, 9.17) is 16.1 Å². The average molecular weight is 338 g/mol. The number of nitrogens with zero attached hydrogens (tertiary/aromatic N) is 3. The minimum atomic E-state index is -0.226. The van der Waals surface area contributed by atoms with Gasteiger partial charge >= 0.3 is 0 Å². The number of hydrogen-bond acceptors (Lipinski definition) is 4. The molecule has 2 aromatic rings. The number of aryl methyl sites for hydroxylation is 2. The van der Waals surface area contributed by atoms with E-state index in [0.29, 0.717) is 17.1 Å². The zero-order chi connectivity index (χ0) is 16.4. The highest BCUT2D eigenvalue weighted by molar-refractivity contribution is 6.31. The fourth-order valence-corrected chi connectivity index (χ4v) is 3.19. The number of piperazine rings is 1. The van der Waals surface area contributed by atoms with Crippen molar-refractivity contribution in [3.05, 3.63) is 51.6 Å². The molecule has 1 aliphatic heterocycles. The van der Waals surface area contributed by atoms with E-state index in [1.165, 1.54) is 11.6 Å². The molecule has 1 aliphatic rings. The van der Waals surface area contributed by atoms with Crippen LogP contribution in [0.15, 0.2) is 22.7 Å². The summed E-state index contributed by atoms with van der Waals surface area (Å²) in [5.41, 5.74) is 2.73. The Labute approximate surface area is 140 Å². The van der Waals surface area contributed by atoms with E-state index < -0.39 is 0 Å². The molecule has 1 fully saturated rings. The van der Waals surface area contributed by atoms with Crippen molar-refractivity contribution in [1.82, 2.24) is 15.0 Å². The molecule has 4 nitrogen and oxygen atoms in total. The van der Waals surface area contributed by atoms with Gasteiger partial charge < -0.3 is 4.52 Å². The lowest BCUT2D eigenvalue weighted by Crippen LogP contribution is -2.45. The van der Waals surface area contributed by atoms with Crippen molar-refractivity contribution >= 4 is 11.6 Å². The van der Waals surface area contributed by atoms with Gasteiger partial charge in [0.15, 0.2) is 0 Å². The molecule has 0 radical (unpaired) electrons. The normalized spacial score (nSPS) is 16.9. The largest absolute Gasteiger partial charge is 0.361 e. The van der Waals surface area contributed by atoms with E-state index in [1.54, 1.807) is 12.1 Å². The summed E-state index contributed by atoms with van der Waals surface area (Å²) in [5, 5.41) is 4.51. The Morgan fingerprint density at radius 1 is 1.09 bits per heavy atom. The highest BCUT2D eigenvalue weighted by Crippen LogP contribution is 2.22. The van der Waals surface area contributed by atoms with Crippen LogP contribution in [-0.2, 0) is 13.1 Å². The molecule has 0 spiro atoms. The Balaban J connectivity index is 1.57. The van der Waals surface area contributed by atoms with Gasteiger partial charge in [-0.1, -0.05) is 22.8 Å². The molecule has 1 aromatic carbocycles. The summed E-state index contributed by atoms with van der Waals surface area (Å²) >= 11 is 6.11. The topological polar surface area (TPSA) is 32.5 Å². The number of benzene rings is 1. The molecule has 0 aliphatic carbocycles. The summed E-state index contributed by atoms with van der Waals surface area (Å²) in [7, 11) is 0. The molecule has 1 saturated heterocycles. The fourth-order valence-electron chi connectivity index (χ4n) is 2.96. The van der Waals surface area contributed by atoms with Gasteiger partial charge in [0.25, 0.3) is 0 Å². The third kappa shape index (κ3) is 3.74. The van der Waals surface area contributed by atoms with Gasteiger partial charge in [0, 0.05) is 55.4 Å². The molecular weight excluding hydrogens is 317 g/mol. The van der Waals surface area contributed by atoms with Crippen molar-refractivity contribution < 1.29 is 8.91 Å². The van der Waals surface area contributed by atoms with Crippen LogP contribution in [0.25, 0.3) is 0 Å². The maximum Gasteiger partial charge on any atom is 0.138 e. The third-order valence-corrected chi connectivity index (χ3v) is 4.83. The fraction of sp³-hybridized carbons (Fsp3) is 0.471. The van der Waals surface area contributed by atoms with Gasteiger partial charge in [-0.25, -0.2) is 4.39 Å². The summed E-state index contributed by atoms with van der Waals surface area (Å²) in [6.07, 6.45) is 0. The monoisotopic (exact) mass is 337 g/mol. The second-order valence-corrected chi connectivity index (χ2v) is 6.46. The minimum absolute atomic E-state index is 0.226. The molecule has 0 bridgehead atoms. The summed E-state index contributed by atoms with van der Waals surface area (Å²) < 4.78 is 19.1. The number of rotatable bonds is 4. The van der Waals surface area contributed by atoms with E-state index >= 15 is 0 Å². The molecule has 1 aromatic heterocycles. The summed E-state index contributed by atoms with van der Waals surface area (Å²) in [4.78, 5) is 4.63. The van der Waals surface area contributed by atoms with Crippen LogP contribution in [0.4, 0.5) is 4.39 Å². The van der Waals surface area contributed by atoms with Gasteiger partial charge in [-0.05, 0) is 26.0 Å². The second kappa shape index (κ2) is 6.99. The number of hydrogen-bond donors (Lipinski definition) is 0. The Hall–Kier alpha value is -1.43. The average Bonchev–Trinajstić information content (AvgIpc) is 2.84. The van der Waals surface area contributed by atoms with E-state index in [-0.39, 0.29) is 5.82 Å². The van der Waals surface area contributed by atoms with Crippen LogP contribution >= 0.6 is 11.6 Å². The maximum atomic E-state index is 13.9. The quantitative estimate of drug-likeness (QED) is 0.856. The molecule has 6 heteroatoms. The number of aromatic nitrogens is 1. The molecule has 2 heterocycles. The standard InChI is InChI=1S/C17H21ClFN3O/c1-12-14(13(2)23-20-12)10-21-6-8-22(9-7-21)11-15-16(18)4-3-5-17(15)19/h3-5H,6-11H2,1-2H3. The maximum absolute atomic E-state index is 13.9. The Morgan fingerprint density at radius 3 is 2.22 bits per heavy atom. The van der Waals surface area contributed by atoms with Crippen LogP contribution in [-0.4, -0.2) is 41.1 Å². The van der Waals surface area contributed by atoms with Crippen molar-refractivity contribution in [2.24, 2.45) is 0 Å². The molecule has 0 N–H and O–H groups in total. The van der Waals surface area contributed by atoms with Gasteiger partial charge in [-0.3, -0.25) is 9.80 Å². The second-order valence-electron chi connectivity index (χ2n) is 6.06. The highest BCUT2D eigenvalue weighted by atomic mass is 35.5. The van der Waals surface area contributed by atoms with Gasteiger partial charge in [0.05, 0.1) is 5.69 Å². The van der Waals surface area contributed by atoms with Crippen LogP contribution in [0, 0.1) is 19.7 Å². The van der Waals surface area contributed by atoms with Crippen molar-refractivity contribution in [2.45, 2.75) is 26.9 Å². The molecule has 0 unspecified atom stereocenters. The van der Waals surface area contributed by atoms with Gasteiger partial charge in [0.2, 0.25) is 0 Å². The van der Waals surface area contributed by atoms with Crippen molar-refractivity contribution in [3.63, 3.8) is 0 Å². The lowest BCUT2D eigenvalue weighted by atomic mass is 10.1. The zero-order valence-corrected chi connectivity index (χ0v) is 14.2. The molecule has 23 heavy (non-hydrogen) atoms. The van der Waals surface area contributed by atoms with Crippen LogP contribution in [0.5, 0.6) is 0 Å². The molecular formula is C17H21ClFN3O. The van der Waals surface area contributed by atoms with Crippen molar-refractivity contribution in [1.29, 1.82) is 0 Å². The Kier molecular flexibility index (Phi) is 4.99. The SMILES string of the molecule is Cc1noc(C)c1CN1CCN(Cc2c(F)cccc2Cl)CC1. The van der Waals surface area contributed by atoms with Crippen LogP contribution in [0.1, 0.15) is 22.6 Å². The first-order chi connectivity index (χ1) is 11.0. The molecule has 3 rings (SSSR count). The van der Waals surface area contributed by atoms with Gasteiger partial charge in [-0.15, -0.1) is 0 Å². The molecule has 0 amide bonds. The third-order valence-electron chi connectivity index (χ3n) is 4.47. The predicted molar refractivity (Wildman–Crippen MR) is 87.9 cm³/mol. The summed E-state index contributed by atoms with van der Waals surface area (Å²) in [6, 6.07) is 4.85. The molecule has 124 valence electrons. The number of halogens is 2. The van der Waals surface area contributed by atoms with Gasteiger partial charge in [0.1, 0.15) is 11.6 Å². The lowest BCUT2D eigenvalue weighted by molar-refractivity contribution is 0.120. The Morgan fingerprint density at radius 2 is 1.70 bits per heavy atom. The van der Waals surface area contributed by atoms with E-state index in [9.17, 15) is 4.39 Å². The first-order valence-electron chi connectivity index (χ1n) is 7.84. The zero-order valence-electron chi connectivity index (χ0n) is 13.5. The van der Waals surface area contributed by atoms with E-state index in [1.807, 2.05) is 13.8 Å². The van der Waals surface area contributed by atoms with Crippen LogP contribution in [0.2, 0.25) is 5.02 Å². The summed E-state index contributed by atoms with van der Waals surface area (Å²) in [6.45, 7) is 9.02. The lowest BCUT2D eigenvalue weighted by Gasteiger charge is -2.34. The van der Waals surface area contributed by atoms with E-state index in [0.717, 1.165) is 44.2 Å². The first kappa shape index (κ1) is 16.4. The van der Waals surface area contributed by atoms with Crippen molar-refractivity contribution in [2.75, 3.05) is 26.2 Å². The Bertz CT molecular complexity index is 641.